The predicted molar refractivity (Wildman–Crippen MR) is 103 cm³/mol. The molecule has 7 nitrogen and oxygen atoms in total. The molecule has 0 spiro atoms. The highest BCUT2D eigenvalue weighted by Gasteiger charge is 2.12. The van der Waals surface area contributed by atoms with Gasteiger partial charge in [0.05, 0.1) is 27.5 Å². The van der Waals surface area contributed by atoms with Crippen LogP contribution in [0.5, 0.6) is 17.2 Å². The van der Waals surface area contributed by atoms with Crippen LogP contribution >= 0.6 is 0 Å². The first kappa shape index (κ1) is 16.8. The molecule has 0 aliphatic carbocycles. The normalized spacial score (nSPS) is 11.4. The van der Waals surface area contributed by atoms with E-state index >= 15 is 0 Å². The molecule has 0 amide bonds. The van der Waals surface area contributed by atoms with Gasteiger partial charge in [-0.1, -0.05) is 30.3 Å². The van der Waals surface area contributed by atoms with Crippen molar-refractivity contribution < 1.29 is 14.2 Å². The van der Waals surface area contributed by atoms with Crippen LogP contribution in [-0.4, -0.2) is 41.1 Å². The minimum atomic E-state index is 0.554. The summed E-state index contributed by atoms with van der Waals surface area (Å²) in [7, 11) is 4.76. The zero-order valence-corrected chi connectivity index (χ0v) is 15.2. The number of fused-ring (bicyclic) bond motifs is 3. The maximum atomic E-state index is 5.39. The van der Waals surface area contributed by atoms with Gasteiger partial charge in [0.25, 0.3) is 0 Å². The van der Waals surface area contributed by atoms with Gasteiger partial charge in [0.2, 0.25) is 5.75 Å². The minimum Gasteiger partial charge on any atom is -0.493 e. The molecule has 2 aromatic heterocycles. The lowest BCUT2D eigenvalue weighted by Gasteiger charge is -2.12. The number of hydrogen-bond acceptors (Lipinski definition) is 6. The molecule has 0 N–H and O–H groups in total. The molecule has 0 saturated carbocycles. The summed E-state index contributed by atoms with van der Waals surface area (Å²) in [5.41, 5.74) is 1.60. The first-order valence-corrected chi connectivity index (χ1v) is 8.32. The van der Waals surface area contributed by atoms with Crippen molar-refractivity contribution in [1.29, 1.82) is 0 Å². The summed E-state index contributed by atoms with van der Waals surface area (Å²) in [5, 5.41) is 15.0. The second-order valence-electron chi connectivity index (χ2n) is 5.82. The summed E-state index contributed by atoms with van der Waals surface area (Å²) in [6.07, 6.45) is 5.56. The summed E-state index contributed by atoms with van der Waals surface area (Å²) < 4.78 is 17.9. The summed E-state index contributed by atoms with van der Waals surface area (Å²) in [5.74, 6) is 2.36. The van der Waals surface area contributed by atoms with Gasteiger partial charge in [-0.05, 0) is 23.8 Å². The molecule has 0 bridgehead atoms. The van der Waals surface area contributed by atoms with E-state index in [-0.39, 0.29) is 0 Å². The average molecular weight is 362 g/mol. The Hall–Kier alpha value is -3.61. The van der Waals surface area contributed by atoms with Gasteiger partial charge >= 0.3 is 0 Å². The highest BCUT2D eigenvalue weighted by atomic mass is 16.5. The number of ether oxygens (including phenoxy) is 3. The third kappa shape index (κ3) is 2.93. The van der Waals surface area contributed by atoms with Crippen molar-refractivity contribution in [2.45, 2.75) is 0 Å². The molecule has 0 radical (unpaired) electrons. The van der Waals surface area contributed by atoms with Crippen LogP contribution in [0, 0.1) is 0 Å². The van der Waals surface area contributed by atoms with Crippen molar-refractivity contribution in [2.24, 2.45) is 0 Å². The highest BCUT2D eigenvalue weighted by Crippen LogP contribution is 2.38. The van der Waals surface area contributed by atoms with Crippen LogP contribution in [0.2, 0.25) is 0 Å². The SMILES string of the molecule is COc1cc(C=Cc2nnc3c4ccccc4cnn23)cc(OC)c1OC. The van der Waals surface area contributed by atoms with Crippen molar-refractivity contribution in [3.63, 3.8) is 0 Å². The Kier molecular flexibility index (Phi) is 4.33. The van der Waals surface area contributed by atoms with Gasteiger partial charge in [0, 0.05) is 10.8 Å². The summed E-state index contributed by atoms with van der Waals surface area (Å²) in [6.45, 7) is 0. The lowest BCUT2D eigenvalue weighted by Crippen LogP contribution is -1.96. The maximum Gasteiger partial charge on any atom is 0.203 e. The fourth-order valence-electron chi connectivity index (χ4n) is 2.98. The number of rotatable bonds is 5. The summed E-state index contributed by atoms with van der Waals surface area (Å²) in [6, 6.07) is 11.7. The topological polar surface area (TPSA) is 70.8 Å². The van der Waals surface area contributed by atoms with E-state index in [1.807, 2.05) is 54.7 Å². The quantitative estimate of drug-likeness (QED) is 0.541. The van der Waals surface area contributed by atoms with Crippen LogP contribution in [0.25, 0.3) is 28.6 Å². The molecule has 136 valence electrons. The molecule has 0 atom stereocenters. The largest absolute Gasteiger partial charge is 0.493 e. The van der Waals surface area contributed by atoms with Crippen LogP contribution in [0.1, 0.15) is 11.4 Å². The van der Waals surface area contributed by atoms with E-state index in [0.717, 1.165) is 22.0 Å². The molecule has 0 aliphatic heterocycles. The number of methoxy groups -OCH3 is 3. The van der Waals surface area contributed by atoms with Crippen LogP contribution < -0.4 is 14.2 Å². The molecule has 2 heterocycles. The zero-order chi connectivity index (χ0) is 18.8. The van der Waals surface area contributed by atoms with Crippen molar-refractivity contribution in [2.75, 3.05) is 21.3 Å². The number of nitrogens with zero attached hydrogens (tertiary/aromatic N) is 4. The second-order valence-corrected chi connectivity index (χ2v) is 5.82. The maximum absolute atomic E-state index is 5.39. The number of hydrogen-bond donors (Lipinski definition) is 0. The third-order valence-electron chi connectivity index (χ3n) is 4.29. The van der Waals surface area contributed by atoms with Crippen LogP contribution in [0.15, 0.2) is 42.6 Å². The van der Waals surface area contributed by atoms with Crippen molar-refractivity contribution in [1.82, 2.24) is 19.8 Å². The minimum absolute atomic E-state index is 0.554. The van der Waals surface area contributed by atoms with E-state index in [1.54, 1.807) is 25.8 Å². The third-order valence-corrected chi connectivity index (χ3v) is 4.29. The van der Waals surface area contributed by atoms with Crippen molar-refractivity contribution in [3.05, 3.63) is 54.0 Å². The highest BCUT2D eigenvalue weighted by molar-refractivity contribution is 5.93. The number of aromatic nitrogens is 4. The van der Waals surface area contributed by atoms with E-state index in [1.165, 1.54) is 0 Å². The molecule has 0 aliphatic rings. The van der Waals surface area contributed by atoms with E-state index in [0.29, 0.717) is 23.1 Å². The van der Waals surface area contributed by atoms with E-state index in [4.69, 9.17) is 14.2 Å². The van der Waals surface area contributed by atoms with Crippen LogP contribution in [0.4, 0.5) is 0 Å². The monoisotopic (exact) mass is 362 g/mol. The molecule has 7 heteroatoms. The van der Waals surface area contributed by atoms with Gasteiger partial charge < -0.3 is 14.2 Å². The first-order chi connectivity index (χ1) is 13.2. The van der Waals surface area contributed by atoms with E-state index in [9.17, 15) is 0 Å². The standard InChI is InChI=1S/C20H18N4O3/c1-25-16-10-13(11-17(26-2)19(16)27-3)8-9-18-22-23-20-15-7-5-4-6-14(15)12-21-24(18)20/h4-12H,1-3H3. The summed E-state index contributed by atoms with van der Waals surface area (Å²) in [4.78, 5) is 0. The fraction of sp³-hybridized carbons (Fsp3) is 0.150. The molecule has 27 heavy (non-hydrogen) atoms. The van der Waals surface area contributed by atoms with Crippen LogP contribution in [0.3, 0.4) is 0 Å². The Bertz CT molecular complexity index is 1130. The van der Waals surface area contributed by atoms with Gasteiger partial charge in [-0.15, -0.1) is 10.2 Å². The summed E-state index contributed by atoms with van der Waals surface area (Å²) >= 11 is 0. The van der Waals surface area contributed by atoms with Gasteiger partial charge in [-0.25, -0.2) is 0 Å². The van der Waals surface area contributed by atoms with Crippen LogP contribution in [-0.2, 0) is 0 Å². The molecular weight excluding hydrogens is 344 g/mol. The molecule has 0 fully saturated rings. The lowest BCUT2D eigenvalue weighted by molar-refractivity contribution is 0.324. The number of benzene rings is 2. The fourth-order valence-corrected chi connectivity index (χ4v) is 2.98. The Labute approximate surface area is 155 Å². The predicted octanol–water partition coefficient (Wildman–Crippen LogP) is 3.47. The first-order valence-electron chi connectivity index (χ1n) is 8.32. The molecule has 4 aromatic rings. The molecule has 4 rings (SSSR count). The van der Waals surface area contributed by atoms with E-state index < -0.39 is 0 Å². The van der Waals surface area contributed by atoms with Gasteiger partial charge in [-0.2, -0.15) is 9.61 Å². The molecule has 0 unspecified atom stereocenters. The van der Waals surface area contributed by atoms with E-state index in [2.05, 4.69) is 15.3 Å². The van der Waals surface area contributed by atoms with Gasteiger partial charge in [-0.3, -0.25) is 0 Å². The van der Waals surface area contributed by atoms with Gasteiger partial charge in [0.15, 0.2) is 23.0 Å². The smallest absolute Gasteiger partial charge is 0.203 e. The van der Waals surface area contributed by atoms with Crippen molar-refractivity contribution in [3.8, 4) is 17.2 Å². The molecular formula is C20H18N4O3. The Morgan fingerprint density at radius 2 is 1.63 bits per heavy atom. The lowest BCUT2D eigenvalue weighted by atomic mass is 10.1. The Morgan fingerprint density at radius 1 is 0.889 bits per heavy atom. The molecule has 2 aromatic carbocycles. The zero-order valence-electron chi connectivity index (χ0n) is 15.2. The Morgan fingerprint density at radius 3 is 2.33 bits per heavy atom. The Balaban J connectivity index is 1.76. The van der Waals surface area contributed by atoms with Crippen molar-refractivity contribution >= 4 is 28.6 Å². The van der Waals surface area contributed by atoms with Gasteiger partial charge in [0.1, 0.15) is 0 Å². The second kappa shape index (κ2) is 6.95. The average Bonchev–Trinajstić information content (AvgIpc) is 3.14. The molecule has 0 saturated heterocycles.